The standard InChI is InChI=1S/C12H19N4O/c1-15(12-13-4-2-5-14-12)6-3-7-16-8-10-17-11-9-16/h4-5H,3,6-11H2,1H3. The first kappa shape index (κ1) is 12.3. The molecule has 1 aliphatic heterocycles. The first-order valence-electron chi connectivity index (χ1n) is 6.05. The number of morpholine rings is 1. The van der Waals surface area contributed by atoms with E-state index >= 15 is 0 Å². The van der Waals surface area contributed by atoms with Crippen LogP contribution in [-0.4, -0.2) is 61.3 Å². The predicted octanol–water partition coefficient (Wildman–Crippen LogP) is 0.435. The molecule has 0 atom stereocenters. The van der Waals surface area contributed by atoms with Crippen LogP contribution < -0.4 is 4.90 Å². The molecule has 1 aliphatic rings. The molecule has 0 bridgehead atoms. The number of aromatic nitrogens is 2. The molecule has 0 saturated carbocycles. The first-order chi connectivity index (χ1) is 8.36. The second kappa shape index (κ2) is 6.51. The molecule has 93 valence electrons. The van der Waals surface area contributed by atoms with Gasteiger partial charge in [-0.05, 0) is 6.42 Å². The molecule has 1 radical (unpaired) electrons. The van der Waals surface area contributed by atoms with E-state index in [1.54, 1.807) is 12.4 Å². The van der Waals surface area contributed by atoms with E-state index in [0.717, 1.165) is 51.8 Å². The van der Waals surface area contributed by atoms with Gasteiger partial charge >= 0.3 is 0 Å². The first-order valence-corrected chi connectivity index (χ1v) is 6.05. The van der Waals surface area contributed by atoms with Gasteiger partial charge in [0.25, 0.3) is 0 Å². The molecule has 0 unspecified atom stereocenters. The van der Waals surface area contributed by atoms with Crippen LogP contribution in [0.1, 0.15) is 6.42 Å². The van der Waals surface area contributed by atoms with Crippen LogP contribution >= 0.6 is 0 Å². The van der Waals surface area contributed by atoms with E-state index in [1.165, 1.54) is 0 Å². The number of rotatable bonds is 5. The fourth-order valence-corrected chi connectivity index (χ4v) is 1.91. The van der Waals surface area contributed by atoms with Crippen molar-refractivity contribution in [1.82, 2.24) is 14.9 Å². The van der Waals surface area contributed by atoms with Crippen molar-refractivity contribution in [3.8, 4) is 0 Å². The van der Waals surface area contributed by atoms with Crippen LogP contribution in [0.15, 0.2) is 12.4 Å². The van der Waals surface area contributed by atoms with Crippen molar-refractivity contribution < 1.29 is 4.74 Å². The second-order valence-corrected chi connectivity index (χ2v) is 4.21. The van der Waals surface area contributed by atoms with E-state index in [2.05, 4.69) is 25.8 Å². The van der Waals surface area contributed by atoms with Gasteiger partial charge in [0.15, 0.2) is 0 Å². The second-order valence-electron chi connectivity index (χ2n) is 4.21. The quantitative estimate of drug-likeness (QED) is 0.740. The van der Waals surface area contributed by atoms with Gasteiger partial charge in [-0.15, -0.1) is 0 Å². The lowest BCUT2D eigenvalue weighted by molar-refractivity contribution is 0.0377. The topological polar surface area (TPSA) is 41.5 Å². The van der Waals surface area contributed by atoms with Crippen LogP contribution in [0.3, 0.4) is 0 Å². The molecular weight excluding hydrogens is 216 g/mol. The summed E-state index contributed by atoms with van der Waals surface area (Å²) in [6, 6.07) is 2.82. The van der Waals surface area contributed by atoms with Gasteiger partial charge in [-0.1, -0.05) is 0 Å². The average molecular weight is 235 g/mol. The van der Waals surface area contributed by atoms with Crippen molar-refractivity contribution >= 4 is 5.95 Å². The fourth-order valence-electron chi connectivity index (χ4n) is 1.91. The Balaban J connectivity index is 1.67. The number of hydrogen-bond acceptors (Lipinski definition) is 5. The third kappa shape index (κ3) is 3.94. The van der Waals surface area contributed by atoms with Crippen molar-refractivity contribution in [3.05, 3.63) is 18.5 Å². The summed E-state index contributed by atoms with van der Waals surface area (Å²) in [6.45, 7) is 5.94. The van der Waals surface area contributed by atoms with Crippen LogP contribution in [0, 0.1) is 6.07 Å². The molecule has 2 heterocycles. The number of ether oxygens (including phenoxy) is 1. The summed E-state index contributed by atoms with van der Waals surface area (Å²) in [5.74, 6) is 0.769. The predicted molar refractivity (Wildman–Crippen MR) is 66.0 cm³/mol. The summed E-state index contributed by atoms with van der Waals surface area (Å²) in [5.41, 5.74) is 0. The minimum atomic E-state index is 0.769. The van der Waals surface area contributed by atoms with Gasteiger partial charge in [0.2, 0.25) is 5.95 Å². The lowest BCUT2D eigenvalue weighted by Gasteiger charge is -2.27. The molecule has 0 aromatic carbocycles. The lowest BCUT2D eigenvalue weighted by atomic mass is 10.3. The fraction of sp³-hybridized carbons (Fsp3) is 0.667. The van der Waals surface area contributed by atoms with E-state index < -0.39 is 0 Å². The maximum Gasteiger partial charge on any atom is 0.225 e. The molecule has 1 saturated heterocycles. The zero-order chi connectivity index (χ0) is 11.9. The van der Waals surface area contributed by atoms with E-state index in [4.69, 9.17) is 4.74 Å². The number of hydrogen-bond donors (Lipinski definition) is 0. The molecule has 1 fully saturated rings. The normalized spacial score (nSPS) is 17.0. The molecule has 0 aliphatic carbocycles. The maximum absolute atomic E-state index is 5.32. The molecule has 0 N–H and O–H groups in total. The number of anilines is 1. The van der Waals surface area contributed by atoms with E-state index in [9.17, 15) is 0 Å². The molecule has 2 rings (SSSR count). The van der Waals surface area contributed by atoms with Gasteiger partial charge in [-0.25, -0.2) is 9.97 Å². The summed E-state index contributed by atoms with van der Waals surface area (Å²) in [5, 5.41) is 0. The highest BCUT2D eigenvalue weighted by Crippen LogP contribution is 2.04. The van der Waals surface area contributed by atoms with Crippen molar-refractivity contribution in [1.29, 1.82) is 0 Å². The molecule has 0 spiro atoms. The highest BCUT2D eigenvalue weighted by molar-refractivity contribution is 5.25. The highest BCUT2D eigenvalue weighted by Gasteiger charge is 2.10. The molecule has 5 heteroatoms. The number of nitrogens with zero attached hydrogens (tertiary/aromatic N) is 4. The third-order valence-electron chi connectivity index (χ3n) is 2.92. The van der Waals surface area contributed by atoms with Crippen molar-refractivity contribution in [2.24, 2.45) is 0 Å². The summed E-state index contributed by atoms with van der Waals surface area (Å²) < 4.78 is 5.32. The van der Waals surface area contributed by atoms with Gasteiger partial charge in [0.05, 0.1) is 13.2 Å². The van der Waals surface area contributed by atoms with Crippen LogP contribution in [0.25, 0.3) is 0 Å². The van der Waals surface area contributed by atoms with Crippen molar-refractivity contribution in [2.75, 3.05) is 51.3 Å². The Morgan fingerprint density at radius 3 is 2.76 bits per heavy atom. The van der Waals surface area contributed by atoms with Gasteiger partial charge < -0.3 is 9.64 Å². The largest absolute Gasteiger partial charge is 0.379 e. The molecule has 1 aromatic heterocycles. The maximum atomic E-state index is 5.32. The van der Waals surface area contributed by atoms with Crippen molar-refractivity contribution in [3.63, 3.8) is 0 Å². The summed E-state index contributed by atoms with van der Waals surface area (Å²) >= 11 is 0. The summed E-state index contributed by atoms with van der Waals surface area (Å²) in [4.78, 5) is 12.9. The van der Waals surface area contributed by atoms with Crippen LogP contribution in [0.4, 0.5) is 5.95 Å². The van der Waals surface area contributed by atoms with Gasteiger partial charge in [0, 0.05) is 51.7 Å². The Hall–Kier alpha value is -1.20. The van der Waals surface area contributed by atoms with Crippen molar-refractivity contribution in [2.45, 2.75) is 6.42 Å². The smallest absolute Gasteiger partial charge is 0.225 e. The molecule has 17 heavy (non-hydrogen) atoms. The minimum Gasteiger partial charge on any atom is -0.379 e. The van der Waals surface area contributed by atoms with Crippen LogP contribution in [-0.2, 0) is 4.74 Å². The monoisotopic (exact) mass is 235 g/mol. The van der Waals surface area contributed by atoms with E-state index in [0.29, 0.717) is 0 Å². The SMILES string of the molecule is CN(CCCN1CCOCC1)c1nc[c]cn1. The zero-order valence-corrected chi connectivity index (χ0v) is 10.3. The summed E-state index contributed by atoms with van der Waals surface area (Å²) in [6.07, 6.45) is 4.43. The Bertz CT molecular complexity index is 314. The Kier molecular flexibility index (Phi) is 4.70. The molecule has 1 aromatic rings. The third-order valence-corrected chi connectivity index (χ3v) is 2.92. The Morgan fingerprint density at radius 1 is 1.35 bits per heavy atom. The molecule has 5 nitrogen and oxygen atoms in total. The Labute approximate surface area is 102 Å². The zero-order valence-electron chi connectivity index (χ0n) is 10.3. The lowest BCUT2D eigenvalue weighted by Crippen LogP contribution is -2.38. The average Bonchev–Trinajstić information content (AvgIpc) is 2.41. The van der Waals surface area contributed by atoms with Crippen LogP contribution in [0.5, 0.6) is 0 Å². The van der Waals surface area contributed by atoms with E-state index in [1.807, 2.05) is 7.05 Å². The van der Waals surface area contributed by atoms with Gasteiger partial charge in [-0.3, -0.25) is 4.90 Å². The minimum absolute atomic E-state index is 0.769. The van der Waals surface area contributed by atoms with Gasteiger partial charge in [0.1, 0.15) is 0 Å². The summed E-state index contributed by atoms with van der Waals surface area (Å²) in [7, 11) is 2.02. The molecule has 0 amide bonds. The molecular formula is C12H19N4O. The highest BCUT2D eigenvalue weighted by atomic mass is 16.5. The Morgan fingerprint density at radius 2 is 2.06 bits per heavy atom. The van der Waals surface area contributed by atoms with E-state index in [-0.39, 0.29) is 0 Å². The van der Waals surface area contributed by atoms with Gasteiger partial charge in [-0.2, -0.15) is 0 Å². The van der Waals surface area contributed by atoms with Crippen LogP contribution in [0.2, 0.25) is 0 Å².